The summed E-state index contributed by atoms with van der Waals surface area (Å²) in [5.41, 5.74) is 3.22. The zero-order chi connectivity index (χ0) is 14.7. The summed E-state index contributed by atoms with van der Waals surface area (Å²) in [7, 11) is 0. The highest BCUT2D eigenvalue weighted by Gasteiger charge is 2.10. The van der Waals surface area contributed by atoms with E-state index in [1.165, 1.54) is 6.20 Å². The summed E-state index contributed by atoms with van der Waals surface area (Å²) in [5, 5.41) is 4.22. The SMILES string of the molecule is NNc1ncc(Br)c(Oc2ncn(-c3ccccc3)n2)n1. The standard InChI is InChI=1S/C12H10BrN7O/c13-9-6-15-11(18-14)17-10(9)21-12-16-7-20(19-12)8-4-2-1-3-5-8/h1-7H,14H2,(H,15,17,18). The van der Waals surface area contributed by atoms with E-state index < -0.39 is 0 Å². The fourth-order valence-electron chi connectivity index (χ4n) is 1.58. The molecular formula is C12H10BrN7O. The van der Waals surface area contributed by atoms with Crippen LogP contribution in [0.1, 0.15) is 0 Å². The number of hydrogen-bond acceptors (Lipinski definition) is 7. The van der Waals surface area contributed by atoms with Crippen molar-refractivity contribution in [1.82, 2.24) is 24.7 Å². The Balaban J connectivity index is 1.85. The van der Waals surface area contributed by atoms with E-state index in [9.17, 15) is 0 Å². The minimum absolute atomic E-state index is 0.168. The van der Waals surface area contributed by atoms with Crippen LogP contribution in [0.2, 0.25) is 0 Å². The predicted octanol–water partition coefficient (Wildman–Crippen LogP) is 1.90. The molecule has 0 radical (unpaired) electrons. The lowest BCUT2D eigenvalue weighted by Gasteiger charge is -2.04. The molecule has 2 aromatic heterocycles. The molecule has 0 atom stereocenters. The number of nitrogens with two attached hydrogens (primary N) is 1. The predicted molar refractivity (Wildman–Crippen MR) is 79.0 cm³/mol. The lowest BCUT2D eigenvalue weighted by Crippen LogP contribution is -2.10. The number of nitrogen functional groups attached to an aromatic ring is 1. The zero-order valence-electron chi connectivity index (χ0n) is 10.6. The van der Waals surface area contributed by atoms with Crippen LogP contribution in [0.15, 0.2) is 47.3 Å². The first-order valence-corrected chi connectivity index (χ1v) is 6.69. The molecule has 0 aliphatic heterocycles. The summed E-state index contributed by atoms with van der Waals surface area (Å²) in [6, 6.07) is 9.75. The monoisotopic (exact) mass is 347 g/mol. The van der Waals surface area contributed by atoms with Crippen LogP contribution in [-0.2, 0) is 0 Å². The van der Waals surface area contributed by atoms with E-state index in [-0.39, 0.29) is 17.8 Å². The highest BCUT2D eigenvalue weighted by atomic mass is 79.9. The summed E-state index contributed by atoms with van der Waals surface area (Å²) in [4.78, 5) is 12.1. The van der Waals surface area contributed by atoms with E-state index in [0.717, 1.165) is 5.69 Å². The van der Waals surface area contributed by atoms with Crippen molar-refractivity contribution in [2.75, 3.05) is 5.43 Å². The zero-order valence-corrected chi connectivity index (χ0v) is 12.2. The van der Waals surface area contributed by atoms with Crippen molar-refractivity contribution in [3.63, 3.8) is 0 Å². The van der Waals surface area contributed by atoms with Crippen LogP contribution in [0.4, 0.5) is 5.95 Å². The van der Waals surface area contributed by atoms with Gasteiger partial charge < -0.3 is 4.74 Å². The Morgan fingerprint density at radius 1 is 1.19 bits per heavy atom. The quantitative estimate of drug-likeness (QED) is 0.548. The van der Waals surface area contributed by atoms with Crippen molar-refractivity contribution in [1.29, 1.82) is 0 Å². The van der Waals surface area contributed by atoms with Crippen molar-refractivity contribution in [3.05, 3.63) is 47.3 Å². The lowest BCUT2D eigenvalue weighted by molar-refractivity contribution is 0.421. The van der Waals surface area contributed by atoms with Gasteiger partial charge in [-0.2, -0.15) is 9.97 Å². The molecule has 1 aromatic carbocycles. The summed E-state index contributed by atoms with van der Waals surface area (Å²) in [5.74, 6) is 5.76. The molecule has 0 saturated heterocycles. The molecule has 9 heteroatoms. The molecule has 106 valence electrons. The summed E-state index contributed by atoms with van der Waals surface area (Å²) in [6.45, 7) is 0. The van der Waals surface area contributed by atoms with Gasteiger partial charge in [-0.25, -0.2) is 15.5 Å². The van der Waals surface area contributed by atoms with E-state index in [1.807, 2.05) is 30.3 Å². The van der Waals surface area contributed by atoms with E-state index in [4.69, 9.17) is 10.6 Å². The van der Waals surface area contributed by atoms with Crippen molar-refractivity contribution < 1.29 is 4.74 Å². The number of rotatable bonds is 4. The van der Waals surface area contributed by atoms with Crippen LogP contribution >= 0.6 is 15.9 Å². The third kappa shape index (κ3) is 2.98. The average molecular weight is 348 g/mol. The normalized spacial score (nSPS) is 10.4. The largest absolute Gasteiger partial charge is 0.403 e. The van der Waals surface area contributed by atoms with Crippen molar-refractivity contribution in [2.24, 2.45) is 5.84 Å². The first kappa shape index (κ1) is 13.5. The Labute approximate surface area is 128 Å². The van der Waals surface area contributed by atoms with Crippen LogP contribution in [0, 0.1) is 0 Å². The first-order chi connectivity index (χ1) is 10.3. The van der Waals surface area contributed by atoms with Gasteiger partial charge in [0.15, 0.2) is 0 Å². The number of anilines is 1. The molecule has 0 bridgehead atoms. The summed E-state index contributed by atoms with van der Waals surface area (Å²) in [6.07, 6.45) is 3.08. The summed E-state index contributed by atoms with van der Waals surface area (Å²) >= 11 is 3.29. The maximum atomic E-state index is 5.52. The van der Waals surface area contributed by atoms with Crippen molar-refractivity contribution >= 4 is 21.9 Å². The molecule has 0 saturated carbocycles. The third-order valence-corrected chi connectivity index (χ3v) is 3.06. The van der Waals surface area contributed by atoms with Crippen LogP contribution in [0.5, 0.6) is 11.9 Å². The van der Waals surface area contributed by atoms with E-state index in [2.05, 4.69) is 41.4 Å². The average Bonchev–Trinajstić information content (AvgIpc) is 2.99. The molecule has 0 aliphatic rings. The maximum absolute atomic E-state index is 5.52. The van der Waals surface area contributed by atoms with Crippen LogP contribution in [-0.4, -0.2) is 24.7 Å². The van der Waals surface area contributed by atoms with Gasteiger partial charge in [-0.3, -0.25) is 5.43 Å². The van der Waals surface area contributed by atoms with Crippen LogP contribution in [0.3, 0.4) is 0 Å². The van der Waals surface area contributed by atoms with Gasteiger partial charge in [-0.15, -0.1) is 5.10 Å². The first-order valence-electron chi connectivity index (χ1n) is 5.90. The second kappa shape index (κ2) is 5.85. The minimum atomic E-state index is 0.168. The Kier molecular flexibility index (Phi) is 3.75. The van der Waals surface area contributed by atoms with Gasteiger partial charge in [0.1, 0.15) is 6.33 Å². The smallest absolute Gasteiger partial charge is 0.342 e. The second-order valence-corrected chi connectivity index (χ2v) is 4.75. The highest BCUT2D eigenvalue weighted by molar-refractivity contribution is 9.10. The van der Waals surface area contributed by atoms with Gasteiger partial charge in [0.2, 0.25) is 11.8 Å². The molecule has 2 heterocycles. The molecule has 0 amide bonds. The molecule has 0 aliphatic carbocycles. The third-order valence-electron chi connectivity index (χ3n) is 2.52. The van der Waals surface area contributed by atoms with Gasteiger partial charge in [0.05, 0.1) is 16.4 Å². The topological polar surface area (TPSA) is 104 Å². The number of hydrogen-bond donors (Lipinski definition) is 2. The number of nitrogens with zero attached hydrogens (tertiary/aromatic N) is 5. The molecule has 8 nitrogen and oxygen atoms in total. The van der Waals surface area contributed by atoms with Gasteiger partial charge in [0.25, 0.3) is 0 Å². The van der Waals surface area contributed by atoms with Gasteiger partial charge in [-0.05, 0) is 28.1 Å². The second-order valence-electron chi connectivity index (χ2n) is 3.90. The molecule has 3 N–H and O–H groups in total. The molecule has 0 fully saturated rings. The Bertz CT molecular complexity index is 746. The van der Waals surface area contributed by atoms with Crippen LogP contribution in [0.25, 0.3) is 5.69 Å². The summed E-state index contributed by atoms with van der Waals surface area (Å²) < 4.78 is 7.69. The van der Waals surface area contributed by atoms with Gasteiger partial charge in [0, 0.05) is 0 Å². The number of ether oxygens (including phenoxy) is 1. The lowest BCUT2D eigenvalue weighted by atomic mass is 10.3. The fraction of sp³-hybridized carbons (Fsp3) is 0. The number of benzene rings is 1. The minimum Gasteiger partial charge on any atom is -0.403 e. The molecule has 21 heavy (non-hydrogen) atoms. The Hall–Kier alpha value is -2.52. The molecule has 0 unspecified atom stereocenters. The molecule has 0 spiro atoms. The highest BCUT2D eigenvalue weighted by Crippen LogP contribution is 2.25. The van der Waals surface area contributed by atoms with E-state index in [1.54, 1.807) is 11.0 Å². The van der Waals surface area contributed by atoms with Gasteiger partial charge >= 0.3 is 6.01 Å². The number of aromatic nitrogens is 5. The number of halogens is 1. The number of para-hydroxylation sites is 1. The van der Waals surface area contributed by atoms with E-state index in [0.29, 0.717) is 4.47 Å². The van der Waals surface area contributed by atoms with Crippen molar-refractivity contribution in [2.45, 2.75) is 0 Å². The molecule has 3 aromatic rings. The number of hydrazine groups is 1. The maximum Gasteiger partial charge on any atom is 0.342 e. The van der Waals surface area contributed by atoms with Crippen LogP contribution < -0.4 is 16.0 Å². The number of nitrogens with one attached hydrogen (secondary N) is 1. The van der Waals surface area contributed by atoms with Crippen molar-refractivity contribution in [3.8, 4) is 17.6 Å². The Morgan fingerprint density at radius 2 is 2.00 bits per heavy atom. The molecule has 3 rings (SSSR count). The van der Waals surface area contributed by atoms with E-state index >= 15 is 0 Å². The Morgan fingerprint density at radius 3 is 2.76 bits per heavy atom. The van der Waals surface area contributed by atoms with Gasteiger partial charge in [-0.1, -0.05) is 18.2 Å². The molecular weight excluding hydrogens is 338 g/mol. The fourth-order valence-corrected chi connectivity index (χ4v) is 1.85.